The third kappa shape index (κ3) is 6.69. The molecule has 4 aliphatic carbocycles. The molecule has 0 aromatic heterocycles. The normalized spacial score (nSPS) is 54.6. The summed E-state index contributed by atoms with van der Waals surface area (Å²) in [5.41, 5.74) is -1.63. The molecular formula is C38H60O18. The van der Waals surface area contributed by atoms with E-state index in [2.05, 4.69) is 13.5 Å². The van der Waals surface area contributed by atoms with Crippen LogP contribution in [0.1, 0.15) is 71.6 Å². The first-order chi connectivity index (χ1) is 26.4. The minimum Gasteiger partial charge on any atom is -0.481 e. The van der Waals surface area contributed by atoms with Gasteiger partial charge in [0.25, 0.3) is 0 Å². The summed E-state index contributed by atoms with van der Waals surface area (Å²) < 4.78 is 36.7. The molecule has 0 aromatic carbocycles. The van der Waals surface area contributed by atoms with E-state index >= 15 is 0 Å². The second-order valence-electron chi connectivity index (χ2n) is 18.0. The van der Waals surface area contributed by atoms with Gasteiger partial charge in [0.05, 0.1) is 30.8 Å². The number of hydrogen-bond donors (Lipinski definition) is 11. The Kier molecular flexibility index (Phi) is 11.9. The van der Waals surface area contributed by atoms with Crippen LogP contribution < -0.4 is 0 Å². The molecule has 0 radical (unpaired) electrons. The van der Waals surface area contributed by atoms with Gasteiger partial charge in [-0.3, -0.25) is 4.79 Å². The van der Waals surface area contributed by atoms with Gasteiger partial charge >= 0.3 is 5.97 Å². The van der Waals surface area contributed by atoms with Crippen molar-refractivity contribution in [3.8, 4) is 0 Å². The van der Waals surface area contributed by atoms with E-state index < -0.39 is 129 Å². The monoisotopic (exact) mass is 804 g/mol. The molecule has 18 heteroatoms. The van der Waals surface area contributed by atoms with E-state index in [1.807, 2.05) is 6.92 Å². The van der Waals surface area contributed by atoms with Crippen LogP contribution in [0.3, 0.4) is 0 Å². The Balaban J connectivity index is 1.21. The molecule has 21 atom stereocenters. The van der Waals surface area contributed by atoms with Crippen molar-refractivity contribution in [2.75, 3.05) is 19.8 Å². The summed E-state index contributed by atoms with van der Waals surface area (Å²) in [7, 11) is 0. The summed E-state index contributed by atoms with van der Waals surface area (Å²) in [4.78, 5) is 12.7. The number of hydrogen-bond acceptors (Lipinski definition) is 17. The molecule has 3 aliphatic heterocycles. The van der Waals surface area contributed by atoms with Crippen molar-refractivity contribution in [2.45, 2.75) is 169 Å². The Morgan fingerprint density at radius 2 is 1.20 bits per heavy atom. The number of aliphatic hydroxyl groups is 10. The van der Waals surface area contributed by atoms with Crippen LogP contribution in [0, 0.1) is 28.1 Å². The summed E-state index contributed by atoms with van der Waals surface area (Å²) in [6, 6.07) is 0. The Bertz CT molecular complexity index is 1450. The zero-order valence-electron chi connectivity index (χ0n) is 31.8. The third-order valence-corrected chi connectivity index (χ3v) is 15.0. The number of fused-ring (bicyclic) bond motifs is 3. The lowest BCUT2D eigenvalue weighted by atomic mass is 9.41. The molecule has 7 fully saturated rings. The SMILES string of the molecule is C=C1C[C@@]23CCC4[C@@](C)(CCC[C@@]4(C)C(=O)O)C2CC[C@]1(OC1OC(CO)C(O)C(OC2OC(CO)C(O)C(O)C2O)C1OC1OC(CO)C(O)C(O)C1O)C3. The van der Waals surface area contributed by atoms with Crippen molar-refractivity contribution in [2.24, 2.45) is 28.1 Å². The van der Waals surface area contributed by atoms with Crippen molar-refractivity contribution in [1.29, 1.82) is 0 Å². The van der Waals surface area contributed by atoms with Crippen LogP contribution in [-0.2, 0) is 33.2 Å². The van der Waals surface area contributed by atoms with Crippen LogP contribution in [0.2, 0.25) is 0 Å². The maximum Gasteiger partial charge on any atom is 0.309 e. The molecule has 4 saturated carbocycles. The second-order valence-corrected chi connectivity index (χ2v) is 18.0. The number of aliphatic hydroxyl groups excluding tert-OH is 10. The van der Waals surface area contributed by atoms with E-state index in [1.165, 1.54) is 0 Å². The molecule has 3 saturated heterocycles. The van der Waals surface area contributed by atoms with Gasteiger partial charge in [-0.1, -0.05) is 19.9 Å². The predicted molar refractivity (Wildman–Crippen MR) is 187 cm³/mol. The Labute approximate surface area is 324 Å². The van der Waals surface area contributed by atoms with Gasteiger partial charge in [0, 0.05) is 0 Å². The first-order valence-corrected chi connectivity index (χ1v) is 19.9. The molecular weight excluding hydrogens is 744 g/mol. The molecule has 1 spiro atoms. The first kappa shape index (κ1) is 42.7. The smallest absolute Gasteiger partial charge is 0.309 e. The molecule has 0 amide bonds. The van der Waals surface area contributed by atoms with Gasteiger partial charge in [-0.2, -0.15) is 0 Å². The summed E-state index contributed by atoms with van der Waals surface area (Å²) in [5, 5.41) is 116. The average Bonchev–Trinajstić information content (AvgIpc) is 3.36. The second kappa shape index (κ2) is 15.6. The van der Waals surface area contributed by atoms with Crippen LogP contribution in [0.5, 0.6) is 0 Å². The number of aliphatic carboxylic acids is 1. The number of rotatable bonds is 10. The molecule has 3 heterocycles. The van der Waals surface area contributed by atoms with E-state index in [4.69, 9.17) is 28.4 Å². The molecule has 320 valence electrons. The van der Waals surface area contributed by atoms with Gasteiger partial charge in [-0.25, -0.2) is 0 Å². The largest absolute Gasteiger partial charge is 0.481 e. The molecule has 7 aliphatic rings. The molecule has 0 aromatic rings. The molecule has 17 unspecified atom stereocenters. The molecule has 11 N–H and O–H groups in total. The van der Waals surface area contributed by atoms with Crippen molar-refractivity contribution in [1.82, 2.24) is 0 Å². The summed E-state index contributed by atoms with van der Waals surface area (Å²) in [6.07, 6.45) is -19.3. The fourth-order valence-corrected chi connectivity index (χ4v) is 12.1. The highest BCUT2D eigenvalue weighted by molar-refractivity contribution is 5.75. The minimum absolute atomic E-state index is 0.00993. The van der Waals surface area contributed by atoms with Crippen molar-refractivity contribution < 1.29 is 89.4 Å². The predicted octanol–water partition coefficient (Wildman–Crippen LogP) is -2.37. The van der Waals surface area contributed by atoms with Crippen molar-refractivity contribution in [3.63, 3.8) is 0 Å². The Morgan fingerprint density at radius 3 is 1.75 bits per heavy atom. The van der Waals surface area contributed by atoms with Crippen molar-refractivity contribution in [3.05, 3.63) is 12.2 Å². The highest BCUT2D eigenvalue weighted by Crippen LogP contribution is 2.73. The number of carboxylic acids is 1. The van der Waals surface area contributed by atoms with Crippen LogP contribution in [0.4, 0.5) is 0 Å². The number of ether oxygens (including phenoxy) is 6. The maximum absolute atomic E-state index is 12.7. The fourth-order valence-electron chi connectivity index (χ4n) is 12.1. The highest BCUT2D eigenvalue weighted by atomic mass is 16.8. The van der Waals surface area contributed by atoms with Crippen LogP contribution in [0.25, 0.3) is 0 Å². The molecule has 2 bridgehead atoms. The van der Waals surface area contributed by atoms with E-state index in [-0.39, 0.29) is 22.7 Å². The molecule has 18 nitrogen and oxygen atoms in total. The van der Waals surface area contributed by atoms with Crippen molar-refractivity contribution >= 4 is 5.97 Å². The Morgan fingerprint density at radius 1 is 0.679 bits per heavy atom. The minimum atomic E-state index is -1.91. The van der Waals surface area contributed by atoms with E-state index in [9.17, 15) is 61.0 Å². The van der Waals surface area contributed by atoms with Gasteiger partial charge in [0.15, 0.2) is 18.9 Å². The zero-order valence-corrected chi connectivity index (χ0v) is 31.8. The van der Waals surface area contributed by atoms with E-state index in [1.54, 1.807) is 0 Å². The van der Waals surface area contributed by atoms with Crippen LogP contribution in [0.15, 0.2) is 12.2 Å². The summed E-state index contributed by atoms with van der Waals surface area (Å²) in [6.45, 7) is 6.28. The molecule has 7 rings (SSSR count). The quantitative estimate of drug-likeness (QED) is 0.0812. The topological polar surface area (TPSA) is 295 Å². The summed E-state index contributed by atoms with van der Waals surface area (Å²) in [5.74, 6) is -0.606. The van der Waals surface area contributed by atoms with Crippen LogP contribution >= 0.6 is 0 Å². The van der Waals surface area contributed by atoms with Gasteiger partial charge in [-0.05, 0) is 86.5 Å². The van der Waals surface area contributed by atoms with E-state index in [0.717, 1.165) is 31.3 Å². The van der Waals surface area contributed by atoms with Gasteiger partial charge < -0.3 is 84.6 Å². The number of carbonyl (C=O) groups is 1. The summed E-state index contributed by atoms with van der Waals surface area (Å²) >= 11 is 0. The zero-order chi connectivity index (χ0) is 40.7. The number of carboxylic acid groups (broad SMARTS) is 1. The standard InChI is InChI=1S/C38H60O18/c1-16-11-37-9-5-20-35(2,7-4-8-36(20,3)34(49)50)21(37)6-10-38(16,15-37)56-33-30(55-32-28(48)26(46)23(43)18(13-40)52-32)29(24(44)19(14-41)53-33)54-31-27(47)25(45)22(42)17(12-39)51-31/h17-33,39-48H,1,4-15H2,2-3H3,(H,49,50)/t17?,18?,19?,20?,21?,22?,23?,24?,25?,26?,27?,28?,29?,30?,31?,32?,33?,35-,36-,37-,38+/m1/s1. The van der Waals surface area contributed by atoms with Gasteiger partial charge in [0.2, 0.25) is 0 Å². The lowest BCUT2D eigenvalue weighted by molar-refractivity contribution is -0.400. The first-order valence-electron chi connectivity index (χ1n) is 19.9. The Hall–Kier alpha value is -1.43. The maximum atomic E-state index is 12.7. The molecule has 56 heavy (non-hydrogen) atoms. The third-order valence-electron chi connectivity index (χ3n) is 15.0. The highest BCUT2D eigenvalue weighted by Gasteiger charge is 2.69. The average molecular weight is 805 g/mol. The lowest BCUT2D eigenvalue weighted by Gasteiger charge is -2.64. The fraction of sp³-hybridized carbons (Fsp3) is 0.921. The van der Waals surface area contributed by atoms with Gasteiger partial charge in [-0.15, -0.1) is 0 Å². The lowest BCUT2D eigenvalue weighted by Crippen LogP contribution is -2.68. The van der Waals surface area contributed by atoms with E-state index in [0.29, 0.717) is 32.1 Å². The van der Waals surface area contributed by atoms with Crippen LogP contribution in [-0.4, -0.2) is 180 Å². The van der Waals surface area contributed by atoms with Gasteiger partial charge in [0.1, 0.15) is 73.2 Å².